The Balaban J connectivity index is 2.32. The molecular weight excluding hydrogens is 140 g/mol. The van der Waals surface area contributed by atoms with E-state index in [-0.39, 0.29) is 0 Å². The van der Waals surface area contributed by atoms with Gasteiger partial charge in [-0.1, -0.05) is 0 Å². The molecule has 0 fully saturated rings. The van der Waals surface area contributed by atoms with Gasteiger partial charge in [-0.25, -0.2) is 4.98 Å². The van der Waals surface area contributed by atoms with Crippen LogP contribution in [0, 0.1) is 6.92 Å². The number of nitrogens with zero attached hydrogens (tertiary/aromatic N) is 1. The van der Waals surface area contributed by atoms with Crippen LogP contribution >= 0.6 is 0 Å². The summed E-state index contributed by atoms with van der Waals surface area (Å²) in [4.78, 5) is 7.22. The van der Waals surface area contributed by atoms with Crippen molar-refractivity contribution in [2.75, 3.05) is 13.7 Å². The third-order valence-corrected chi connectivity index (χ3v) is 1.70. The molecule has 0 aromatic carbocycles. The molecule has 0 aliphatic rings. The Morgan fingerprint density at radius 3 is 3.00 bits per heavy atom. The van der Waals surface area contributed by atoms with Gasteiger partial charge in [0.2, 0.25) is 0 Å². The maximum absolute atomic E-state index is 4.94. The average molecular weight is 154 g/mol. The molecular formula is C8H14N2O. The molecule has 0 atom stereocenters. The minimum Gasteiger partial charge on any atom is -0.385 e. The standard InChI is InChI=1S/C8H14N2O/c1-7-8(10-6-9-7)4-3-5-11-2/h6H,3-5H2,1-2H3,(H,9,10). The highest BCUT2D eigenvalue weighted by molar-refractivity contribution is 5.08. The number of aryl methyl sites for hydroxylation is 2. The molecule has 3 nitrogen and oxygen atoms in total. The highest BCUT2D eigenvalue weighted by atomic mass is 16.5. The molecule has 0 amide bonds. The molecule has 3 heteroatoms. The highest BCUT2D eigenvalue weighted by Crippen LogP contribution is 2.03. The lowest BCUT2D eigenvalue weighted by Gasteiger charge is -1.97. The highest BCUT2D eigenvalue weighted by Gasteiger charge is 1.98. The van der Waals surface area contributed by atoms with Gasteiger partial charge in [0, 0.05) is 19.4 Å². The second-order valence-corrected chi connectivity index (χ2v) is 2.57. The Labute approximate surface area is 66.8 Å². The summed E-state index contributed by atoms with van der Waals surface area (Å²) >= 11 is 0. The van der Waals surface area contributed by atoms with E-state index in [1.165, 1.54) is 5.69 Å². The summed E-state index contributed by atoms with van der Waals surface area (Å²) in [5.74, 6) is 0. The molecule has 0 saturated heterocycles. The molecule has 0 aliphatic heterocycles. The zero-order valence-corrected chi connectivity index (χ0v) is 7.05. The number of nitrogens with one attached hydrogen (secondary N) is 1. The minimum atomic E-state index is 0.812. The first-order valence-corrected chi connectivity index (χ1v) is 3.82. The number of H-pyrrole nitrogens is 1. The van der Waals surface area contributed by atoms with Crippen molar-refractivity contribution < 1.29 is 4.74 Å². The first kappa shape index (κ1) is 8.27. The zero-order chi connectivity index (χ0) is 8.10. The lowest BCUT2D eigenvalue weighted by Crippen LogP contribution is -1.94. The number of ether oxygens (including phenoxy) is 1. The lowest BCUT2D eigenvalue weighted by atomic mass is 10.2. The van der Waals surface area contributed by atoms with Gasteiger partial charge < -0.3 is 9.72 Å². The summed E-state index contributed by atoms with van der Waals surface area (Å²) in [5.41, 5.74) is 2.32. The fraction of sp³-hybridized carbons (Fsp3) is 0.625. The van der Waals surface area contributed by atoms with Crippen LogP contribution in [-0.4, -0.2) is 23.7 Å². The molecule has 11 heavy (non-hydrogen) atoms. The van der Waals surface area contributed by atoms with E-state index >= 15 is 0 Å². The van der Waals surface area contributed by atoms with Gasteiger partial charge >= 0.3 is 0 Å². The van der Waals surface area contributed by atoms with Crippen LogP contribution in [-0.2, 0) is 11.2 Å². The third-order valence-electron chi connectivity index (χ3n) is 1.70. The van der Waals surface area contributed by atoms with E-state index in [1.54, 1.807) is 13.4 Å². The van der Waals surface area contributed by atoms with Crippen LogP contribution in [0.1, 0.15) is 17.8 Å². The summed E-state index contributed by atoms with van der Waals surface area (Å²) < 4.78 is 4.94. The van der Waals surface area contributed by atoms with Gasteiger partial charge in [0.15, 0.2) is 0 Å². The van der Waals surface area contributed by atoms with Crippen molar-refractivity contribution in [1.82, 2.24) is 9.97 Å². The molecule has 0 spiro atoms. The van der Waals surface area contributed by atoms with Crippen molar-refractivity contribution in [3.05, 3.63) is 17.7 Å². The second kappa shape index (κ2) is 4.13. The molecule has 1 aromatic rings. The summed E-state index contributed by atoms with van der Waals surface area (Å²) in [5, 5.41) is 0. The van der Waals surface area contributed by atoms with Gasteiger partial charge in [0.1, 0.15) is 0 Å². The summed E-state index contributed by atoms with van der Waals surface area (Å²) in [6.07, 6.45) is 3.78. The Morgan fingerprint density at radius 1 is 1.64 bits per heavy atom. The first-order valence-electron chi connectivity index (χ1n) is 3.82. The maximum Gasteiger partial charge on any atom is 0.0925 e. The van der Waals surface area contributed by atoms with E-state index in [9.17, 15) is 0 Å². The van der Waals surface area contributed by atoms with Crippen LogP contribution in [0.2, 0.25) is 0 Å². The topological polar surface area (TPSA) is 37.9 Å². The van der Waals surface area contributed by atoms with E-state index in [0.717, 1.165) is 25.1 Å². The normalized spacial score (nSPS) is 10.4. The van der Waals surface area contributed by atoms with Crippen LogP contribution in [0.25, 0.3) is 0 Å². The number of rotatable bonds is 4. The average Bonchev–Trinajstić information content (AvgIpc) is 2.37. The number of aromatic amines is 1. The van der Waals surface area contributed by atoms with Gasteiger partial charge in [-0.15, -0.1) is 0 Å². The van der Waals surface area contributed by atoms with Gasteiger partial charge in [-0.2, -0.15) is 0 Å². The molecule has 1 N–H and O–H groups in total. The Kier molecular flexibility index (Phi) is 3.11. The van der Waals surface area contributed by atoms with Crippen LogP contribution < -0.4 is 0 Å². The van der Waals surface area contributed by atoms with Crippen molar-refractivity contribution in [3.8, 4) is 0 Å². The summed E-state index contributed by atoms with van der Waals surface area (Å²) in [7, 11) is 1.72. The fourth-order valence-electron chi connectivity index (χ4n) is 1.02. The summed E-state index contributed by atoms with van der Waals surface area (Å²) in [6.45, 7) is 2.85. The van der Waals surface area contributed by atoms with E-state index in [0.29, 0.717) is 0 Å². The summed E-state index contributed by atoms with van der Waals surface area (Å²) in [6, 6.07) is 0. The molecule has 1 heterocycles. The smallest absolute Gasteiger partial charge is 0.0925 e. The van der Waals surface area contributed by atoms with Crippen LogP contribution in [0.3, 0.4) is 0 Å². The van der Waals surface area contributed by atoms with E-state index < -0.39 is 0 Å². The van der Waals surface area contributed by atoms with Crippen molar-refractivity contribution >= 4 is 0 Å². The number of hydrogen-bond donors (Lipinski definition) is 1. The molecule has 62 valence electrons. The van der Waals surface area contributed by atoms with E-state index in [2.05, 4.69) is 9.97 Å². The molecule has 0 aliphatic carbocycles. The van der Waals surface area contributed by atoms with E-state index in [4.69, 9.17) is 4.74 Å². The van der Waals surface area contributed by atoms with Gasteiger partial charge in [-0.05, 0) is 19.8 Å². The third kappa shape index (κ3) is 2.35. The largest absolute Gasteiger partial charge is 0.385 e. The number of methoxy groups -OCH3 is 1. The SMILES string of the molecule is COCCCc1nc[nH]c1C. The van der Waals surface area contributed by atoms with Crippen LogP contribution in [0.5, 0.6) is 0 Å². The number of aromatic nitrogens is 2. The van der Waals surface area contributed by atoms with Crippen molar-refractivity contribution in [1.29, 1.82) is 0 Å². The molecule has 0 radical (unpaired) electrons. The monoisotopic (exact) mass is 154 g/mol. The number of imidazole rings is 1. The van der Waals surface area contributed by atoms with Crippen LogP contribution in [0.4, 0.5) is 0 Å². The van der Waals surface area contributed by atoms with Crippen molar-refractivity contribution in [2.24, 2.45) is 0 Å². The van der Waals surface area contributed by atoms with Gasteiger partial charge in [0.25, 0.3) is 0 Å². The maximum atomic E-state index is 4.94. The van der Waals surface area contributed by atoms with Crippen molar-refractivity contribution in [3.63, 3.8) is 0 Å². The lowest BCUT2D eigenvalue weighted by molar-refractivity contribution is 0.195. The second-order valence-electron chi connectivity index (χ2n) is 2.57. The minimum absolute atomic E-state index is 0.812. The Bertz CT molecular complexity index is 208. The molecule has 0 saturated carbocycles. The predicted octanol–water partition coefficient (Wildman–Crippen LogP) is 1.30. The fourth-order valence-corrected chi connectivity index (χ4v) is 1.02. The quantitative estimate of drug-likeness (QED) is 0.664. The molecule has 0 unspecified atom stereocenters. The van der Waals surface area contributed by atoms with Crippen LogP contribution in [0.15, 0.2) is 6.33 Å². The Morgan fingerprint density at radius 2 is 2.45 bits per heavy atom. The van der Waals surface area contributed by atoms with E-state index in [1.807, 2.05) is 6.92 Å². The Hall–Kier alpha value is -0.830. The predicted molar refractivity (Wildman–Crippen MR) is 43.5 cm³/mol. The number of hydrogen-bond acceptors (Lipinski definition) is 2. The first-order chi connectivity index (χ1) is 5.34. The van der Waals surface area contributed by atoms with Crippen molar-refractivity contribution in [2.45, 2.75) is 19.8 Å². The van der Waals surface area contributed by atoms with Gasteiger partial charge in [0.05, 0.1) is 12.0 Å². The van der Waals surface area contributed by atoms with Gasteiger partial charge in [-0.3, -0.25) is 0 Å². The molecule has 1 aromatic heterocycles. The molecule has 0 bridgehead atoms. The zero-order valence-electron chi connectivity index (χ0n) is 7.05. The molecule has 1 rings (SSSR count).